The molecule has 2 rings (SSSR count). The summed E-state index contributed by atoms with van der Waals surface area (Å²) in [5.74, 6) is 1.22. The largest absolute Gasteiger partial charge is 0.490 e. The van der Waals surface area contributed by atoms with Crippen LogP contribution < -0.4 is 14.8 Å². The maximum Gasteiger partial charge on any atom is 0.161 e. The molecule has 2 aromatic rings. The predicted octanol–water partition coefficient (Wildman–Crippen LogP) is 4.02. The van der Waals surface area contributed by atoms with Crippen molar-refractivity contribution in [3.05, 3.63) is 53.8 Å². The van der Waals surface area contributed by atoms with Gasteiger partial charge in [-0.3, -0.25) is 0 Å². The summed E-state index contributed by atoms with van der Waals surface area (Å²) < 4.78 is 24.4. The van der Waals surface area contributed by atoms with Gasteiger partial charge >= 0.3 is 0 Å². The van der Waals surface area contributed by atoms with Crippen molar-refractivity contribution in [3.63, 3.8) is 0 Å². The van der Waals surface area contributed by atoms with Crippen LogP contribution in [-0.2, 0) is 0 Å². The average Bonchev–Trinajstić information content (AvgIpc) is 2.44. The van der Waals surface area contributed by atoms with E-state index >= 15 is 0 Å². The Morgan fingerprint density at radius 1 is 1.05 bits per heavy atom. The molecule has 0 bridgehead atoms. The highest BCUT2D eigenvalue weighted by molar-refractivity contribution is 5.46. The number of halogens is 1. The van der Waals surface area contributed by atoms with Gasteiger partial charge in [0.1, 0.15) is 12.4 Å². The van der Waals surface area contributed by atoms with E-state index in [9.17, 15) is 4.39 Å². The predicted molar refractivity (Wildman–Crippen MR) is 82.7 cm³/mol. The van der Waals surface area contributed by atoms with E-state index in [1.807, 2.05) is 44.2 Å². The summed E-state index contributed by atoms with van der Waals surface area (Å²) in [7, 11) is 0. The van der Waals surface area contributed by atoms with Gasteiger partial charge in [-0.2, -0.15) is 0 Å². The molecular weight excluding hydrogens is 269 g/mol. The Labute approximate surface area is 124 Å². The third-order valence-corrected chi connectivity index (χ3v) is 2.88. The Hall–Kier alpha value is -2.23. The van der Waals surface area contributed by atoms with Crippen molar-refractivity contribution in [1.82, 2.24) is 0 Å². The molecule has 0 fully saturated rings. The lowest BCUT2D eigenvalue weighted by atomic mass is 10.2. The van der Waals surface area contributed by atoms with Gasteiger partial charge in [0, 0.05) is 12.2 Å². The second-order valence-electron chi connectivity index (χ2n) is 4.67. The van der Waals surface area contributed by atoms with Crippen LogP contribution in [0.5, 0.6) is 11.5 Å². The molecule has 0 heterocycles. The number of aryl methyl sites for hydroxylation is 1. The highest BCUT2D eigenvalue weighted by atomic mass is 19.1. The first-order valence-corrected chi connectivity index (χ1v) is 7.04. The van der Waals surface area contributed by atoms with Gasteiger partial charge in [-0.15, -0.1) is 0 Å². The molecule has 2 aromatic carbocycles. The first-order chi connectivity index (χ1) is 10.2. The molecule has 0 spiro atoms. The molecule has 0 aliphatic rings. The van der Waals surface area contributed by atoms with E-state index in [1.165, 1.54) is 12.1 Å². The molecule has 21 heavy (non-hydrogen) atoms. The highest BCUT2D eigenvalue weighted by Gasteiger charge is 2.03. The van der Waals surface area contributed by atoms with Crippen molar-refractivity contribution in [2.75, 3.05) is 25.1 Å². The maximum absolute atomic E-state index is 13.3. The lowest BCUT2D eigenvalue weighted by Gasteiger charge is -2.12. The molecule has 0 amide bonds. The van der Waals surface area contributed by atoms with Crippen LogP contribution in [0.15, 0.2) is 42.5 Å². The Morgan fingerprint density at radius 3 is 2.43 bits per heavy atom. The summed E-state index contributed by atoms with van der Waals surface area (Å²) in [5.41, 5.74) is 1.65. The minimum absolute atomic E-state index is 0.236. The van der Waals surface area contributed by atoms with Crippen LogP contribution in [0.4, 0.5) is 10.1 Å². The van der Waals surface area contributed by atoms with Crippen LogP contribution in [0, 0.1) is 12.7 Å². The molecule has 0 saturated carbocycles. The standard InChI is InChI=1S/C17H20FNO2/c1-3-20-16-6-4-5-7-17(16)21-9-8-19-15-11-13(2)10-14(18)12-15/h4-7,10-12,19H,3,8-9H2,1-2H3. The zero-order valence-corrected chi connectivity index (χ0v) is 12.4. The smallest absolute Gasteiger partial charge is 0.161 e. The third-order valence-electron chi connectivity index (χ3n) is 2.88. The lowest BCUT2D eigenvalue weighted by molar-refractivity contribution is 0.284. The normalized spacial score (nSPS) is 10.2. The van der Waals surface area contributed by atoms with Crippen LogP contribution in [-0.4, -0.2) is 19.8 Å². The maximum atomic E-state index is 13.3. The zero-order valence-electron chi connectivity index (χ0n) is 12.4. The van der Waals surface area contributed by atoms with E-state index < -0.39 is 0 Å². The second kappa shape index (κ2) is 7.53. The molecule has 112 valence electrons. The molecule has 0 unspecified atom stereocenters. The number of anilines is 1. The van der Waals surface area contributed by atoms with Crippen molar-refractivity contribution in [2.45, 2.75) is 13.8 Å². The van der Waals surface area contributed by atoms with Gasteiger partial charge in [0.15, 0.2) is 11.5 Å². The summed E-state index contributed by atoms with van der Waals surface area (Å²) >= 11 is 0. The second-order valence-corrected chi connectivity index (χ2v) is 4.67. The molecule has 0 saturated heterocycles. The average molecular weight is 289 g/mol. The van der Waals surface area contributed by atoms with Gasteiger partial charge < -0.3 is 14.8 Å². The van der Waals surface area contributed by atoms with Crippen LogP contribution >= 0.6 is 0 Å². The van der Waals surface area contributed by atoms with Crippen molar-refractivity contribution in [1.29, 1.82) is 0 Å². The SMILES string of the molecule is CCOc1ccccc1OCCNc1cc(C)cc(F)c1. The van der Waals surface area contributed by atoms with Gasteiger partial charge in [0.25, 0.3) is 0 Å². The molecule has 1 N–H and O–H groups in total. The number of nitrogens with one attached hydrogen (secondary N) is 1. The molecule has 4 heteroatoms. The van der Waals surface area contributed by atoms with E-state index in [0.717, 1.165) is 22.7 Å². The van der Waals surface area contributed by atoms with E-state index in [2.05, 4.69) is 5.32 Å². The molecule has 0 radical (unpaired) electrons. The van der Waals surface area contributed by atoms with Crippen molar-refractivity contribution in [2.24, 2.45) is 0 Å². The number of rotatable bonds is 7. The van der Waals surface area contributed by atoms with Crippen LogP contribution in [0.3, 0.4) is 0 Å². The summed E-state index contributed by atoms with van der Waals surface area (Å²) in [4.78, 5) is 0. The van der Waals surface area contributed by atoms with Crippen LogP contribution in [0.1, 0.15) is 12.5 Å². The molecule has 0 aliphatic carbocycles. The molecule has 3 nitrogen and oxygen atoms in total. The summed E-state index contributed by atoms with van der Waals surface area (Å²) in [6.07, 6.45) is 0. The summed E-state index contributed by atoms with van der Waals surface area (Å²) in [5, 5.41) is 3.14. The molecular formula is C17H20FNO2. The topological polar surface area (TPSA) is 30.5 Å². The highest BCUT2D eigenvalue weighted by Crippen LogP contribution is 2.26. The quantitative estimate of drug-likeness (QED) is 0.781. The van der Waals surface area contributed by atoms with Gasteiger partial charge in [-0.25, -0.2) is 4.39 Å². The van der Waals surface area contributed by atoms with Crippen LogP contribution in [0.2, 0.25) is 0 Å². The zero-order chi connectivity index (χ0) is 15.1. The van der Waals surface area contributed by atoms with Gasteiger partial charge in [0.2, 0.25) is 0 Å². The number of ether oxygens (including phenoxy) is 2. The van der Waals surface area contributed by atoms with Gasteiger partial charge in [-0.1, -0.05) is 12.1 Å². The van der Waals surface area contributed by atoms with Crippen LogP contribution in [0.25, 0.3) is 0 Å². The third kappa shape index (κ3) is 4.67. The fourth-order valence-corrected chi connectivity index (χ4v) is 2.04. The first-order valence-electron chi connectivity index (χ1n) is 7.04. The molecule has 0 aliphatic heterocycles. The first kappa shape index (κ1) is 15.2. The fourth-order valence-electron chi connectivity index (χ4n) is 2.04. The lowest BCUT2D eigenvalue weighted by Crippen LogP contribution is -2.12. The summed E-state index contributed by atoms with van der Waals surface area (Å²) in [6.45, 7) is 5.46. The Balaban J connectivity index is 1.84. The summed E-state index contributed by atoms with van der Waals surface area (Å²) in [6, 6.07) is 12.4. The van der Waals surface area contributed by atoms with Crippen molar-refractivity contribution in [3.8, 4) is 11.5 Å². The number of para-hydroxylation sites is 2. The Morgan fingerprint density at radius 2 is 1.76 bits per heavy atom. The number of benzene rings is 2. The Kier molecular flexibility index (Phi) is 5.43. The van der Waals surface area contributed by atoms with E-state index in [4.69, 9.17) is 9.47 Å². The fraction of sp³-hybridized carbons (Fsp3) is 0.294. The van der Waals surface area contributed by atoms with E-state index in [-0.39, 0.29) is 5.82 Å². The Bertz CT molecular complexity index is 567. The number of hydrogen-bond donors (Lipinski definition) is 1. The van der Waals surface area contributed by atoms with E-state index in [0.29, 0.717) is 19.8 Å². The van der Waals surface area contributed by atoms with E-state index in [1.54, 1.807) is 0 Å². The van der Waals surface area contributed by atoms with Crippen molar-refractivity contribution < 1.29 is 13.9 Å². The minimum Gasteiger partial charge on any atom is -0.490 e. The molecule has 0 atom stereocenters. The van der Waals surface area contributed by atoms with Gasteiger partial charge in [-0.05, 0) is 49.7 Å². The number of hydrogen-bond acceptors (Lipinski definition) is 3. The van der Waals surface area contributed by atoms with Crippen molar-refractivity contribution >= 4 is 5.69 Å². The van der Waals surface area contributed by atoms with Gasteiger partial charge in [0.05, 0.1) is 6.61 Å². The molecule has 0 aromatic heterocycles. The minimum atomic E-state index is -0.236. The monoisotopic (exact) mass is 289 g/mol.